The molecule has 2 aromatic rings. The molecular formula is C8H3Cl5N4O. The Morgan fingerprint density at radius 3 is 2.00 bits per heavy atom. The largest absolute Gasteiger partial charge is 0.296 e. The minimum atomic E-state index is -0.420. The molecule has 18 heavy (non-hydrogen) atoms. The lowest BCUT2D eigenvalue weighted by atomic mass is 10.7. The molecule has 2 aromatic heterocycles. The standard InChI is InChI=1S/C4HCl3N2.C4H2Cl2N2O/c5-2-1-8-4(7)9-3(2)6;5-2-1-7-4(6)8-3(2)9/h1H;1H,(H,7,8,9). The third kappa shape index (κ3) is 4.96. The van der Waals surface area contributed by atoms with Crippen LogP contribution in [0.2, 0.25) is 25.8 Å². The lowest BCUT2D eigenvalue weighted by Crippen LogP contribution is -2.06. The third-order valence-corrected chi connectivity index (χ3v) is 2.70. The molecule has 0 bridgehead atoms. The lowest BCUT2D eigenvalue weighted by Gasteiger charge is -1.90. The fourth-order valence-corrected chi connectivity index (χ4v) is 1.31. The molecule has 10 heteroatoms. The zero-order valence-corrected chi connectivity index (χ0v) is 12.1. The number of H-pyrrole nitrogens is 1. The van der Waals surface area contributed by atoms with E-state index in [2.05, 4.69) is 19.9 Å². The van der Waals surface area contributed by atoms with Crippen molar-refractivity contribution < 1.29 is 0 Å². The summed E-state index contributed by atoms with van der Waals surface area (Å²) in [5, 5.41) is 0.672. The van der Waals surface area contributed by atoms with E-state index >= 15 is 0 Å². The second kappa shape index (κ2) is 7.11. The van der Waals surface area contributed by atoms with Crippen LogP contribution in [0, 0.1) is 0 Å². The van der Waals surface area contributed by atoms with Crippen molar-refractivity contribution in [2.45, 2.75) is 0 Å². The van der Waals surface area contributed by atoms with Crippen LogP contribution < -0.4 is 5.56 Å². The van der Waals surface area contributed by atoms with Gasteiger partial charge < -0.3 is 0 Å². The van der Waals surface area contributed by atoms with Gasteiger partial charge in [-0.05, 0) is 23.2 Å². The van der Waals surface area contributed by atoms with Crippen LogP contribution in [0.25, 0.3) is 0 Å². The van der Waals surface area contributed by atoms with Crippen LogP contribution in [-0.4, -0.2) is 19.9 Å². The second-order valence-electron chi connectivity index (χ2n) is 2.63. The summed E-state index contributed by atoms with van der Waals surface area (Å²) >= 11 is 26.9. The fraction of sp³-hybridized carbons (Fsp3) is 0. The van der Waals surface area contributed by atoms with Crippen LogP contribution in [0.3, 0.4) is 0 Å². The highest BCUT2D eigenvalue weighted by Gasteiger charge is 1.98. The molecule has 2 rings (SSSR count). The number of halogens is 5. The van der Waals surface area contributed by atoms with Gasteiger partial charge in [0.2, 0.25) is 10.6 Å². The Bertz CT molecular complexity index is 602. The van der Waals surface area contributed by atoms with Gasteiger partial charge >= 0.3 is 0 Å². The predicted octanol–water partition coefficient (Wildman–Crippen LogP) is 3.51. The van der Waals surface area contributed by atoms with Gasteiger partial charge in [0.05, 0.1) is 17.4 Å². The van der Waals surface area contributed by atoms with Crippen LogP contribution in [0.1, 0.15) is 0 Å². The van der Waals surface area contributed by atoms with E-state index in [-0.39, 0.29) is 20.7 Å². The van der Waals surface area contributed by atoms with Gasteiger partial charge in [-0.25, -0.2) is 15.0 Å². The quantitative estimate of drug-likeness (QED) is 0.584. The van der Waals surface area contributed by atoms with E-state index in [1.54, 1.807) is 0 Å². The number of nitrogens with zero attached hydrogens (tertiary/aromatic N) is 3. The summed E-state index contributed by atoms with van der Waals surface area (Å²) in [6.07, 6.45) is 2.54. The van der Waals surface area contributed by atoms with E-state index in [1.165, 1.54) is 12.4 Å². The third-order valence-electron chi connectivity index (χ3n) is 1.40. The van der Waals surface area contributed by atoms with Gasteiger partial charge in [0.25, 0.3) is 5.56 Å². The molecule has 0 aromatic carbocycles. The van der Waals surface area contributed by atoms with Crippen molar-refractivity contribution in [3.05, 3.63) is 48.5 Å². The molecular weight excluding hydrogens is 345 g/mol. The highest BCUT2D eigenvalue weighted by atomic mass is 35.5. The lowest BCUT2D eigenvalue weighted by molar-refractivity contribution is 1.12. The Morgan fingerprint density at radius 2 is 1.56 bits per heavy atom. The first-order chi connectivity index (χ1) is 8.40. The summed E-state index contributed by atoms with van der Waals surface area (Å²) in [6, 6.07) is 0. The molecule has 0 radical (unpaired) electrons. The molecule has 0 unspecified atom stereocenters. The summed E-state index contributed by atoms with van der Waals surface area (Å²) in [5.74, 6) is 0. The fourth-order valence-electron chi connectivity index (χ4n) is 0.684. The summed E-state index contributed by atoms with van der Waals surface area (Å²) in [5.41, 5.74) is -0.420. The summed E-state index contributed by atoms with van der Waals surface area (Å²) in [4.78, 5) is 23.4. The van der Waals surface area contributed by atoms with Crippen molar-refractivity contribution in [1.29, 1.82) is 0 Å². The molecule has 0 aliphatic heterocycles. The Labute approximate surface area is 126 Å². The molecule has 2 heterocycles. The monoisotopic (exact) mass is 346 g/mol. The van der Waals surface area contributed by atoms with Gasteiger partial charge in [-0.15, -0.1) is 0 Å². The van der Waals surface area contributed by atoms with Gasteiger partial charge in [-0.1, -0.05) is 34.8 Å². The second-order valence-corrected chi connectivity index (χ2v) is 4.50. The minimum absolute atomic E-state index is 0.0411. The Morgan fingerprint density at radius 1 is 0.944 bits per heavy atom. The molecule has 96 valence electrons. The van der Waals surface area contributed by atoms with E-state index in [4.69, 9.17) is 58.0 Å². The van der Waals surface area contributed by atoms with Gasteiger partial charge in [-0.3, -0.25) is 9.78 Å². The zero-order valence-electron chi connectivity index (χ0n) is 8.29. The topological polar surface area (TPSA) is 71.5 Å². The molecule has 0 fully saturated rings. The van der Waals surface area contributed by atoms with Crippen molar-refractivity contribution in [3.63, 3.8) is 0 Å². The van der Waals surface area contributed by atoms with Gasteiger partial charge in [-0.2, -0.15) is 0 Å². The highest BCUT2D eigenvalue weighted by Crippen LogP contribution is 2.18. The van der Waals surface area contributed by atoms with E-state index in [9.17, 15) is 4.79 Å². The van der Waals surface area contributed by atoms with E-state index in [0.717, 1.165) is 0 Å². The van der Waals surface area contributed by atoms with E-state index in [1.807, 2.05) is 0 Å². The summed E-state index contributed by atoms with van der Waals surface area (Å²) in [6.45, 7) is 0. The highest BCUT2D eigenvalue weighted by molar-refractivity contribution is 6.41. The molecule has 0 aliphatic rings. The van der Waals surface area contributed by atoms with Crippen molar-refractivity contribution >= 4 is 58.0 Å². The molecule has 0 amide bonds. The van der Waals surface area contributed by atoms with Gasteiger partial charge in [0.1, 0.15) is 5.02 Å². The van der Waals surface area contributed by atoms with Gasteiger partial charge in [0, 0.05) is 0 Å². The molecule has 1 N–H and O–H groups in total. The first-order valence-corrected chi connectivity index (χ1v) is 6.03. The number of hydrogen-bond donors (Lipinski definition) is 1. The maximum Gasteiger partial charge on any atom is 0.270 e. The van der Waals surface area contributed by atoms with Crippen molar-refractivity contribution in [3.8, 4) is 0 Å². The Balaban J connectivity index is 0.000000180. The number of nitrogens with one attached hydrogen (secondary N) is 1. The van der Waals surface area contributed by atoms with E-state index < -0.39 is 5.56 Å². The molecule has 0 spiro atoms. The number of hydrogen-bond acceptors (Lipinski definition) is 4. The molecule has 5 nitrogen and oxygen atoms in total. The number of aromatic nitrogens is 4. The molecule has 0 atom stereocenters. The van der Waals surface area contributed by atoms with Crippen molar-refractivity contribution in [2.24, 2.45) is 0 Å². The predicted molar refractivity (Wildman–Crippen MR) is 71.9 cm³/mol. The molecule has 0 saturated carbocycles. The van der Waals surface area contributed by atoms with Crippen molar-refractivity contribution in [2.75, 3.05) is 0 Å². The Kier molecular flexibility index (Phi) is 6.11. The van der Waals surface area contributed by atoms with Crippen LogP contribution in [0.5, 0.6) is 0 Å². The normalized spacial score (nSPS) is 9.61. The molecule has 0 aliphatic carbocycles. The maximum absolute atomic E-state index is 10.5. The van der Waals surface area contributed by atoms with Crippen LogP contribution in [0.15, 0.2) is 17.2 Å². The number of rotatable bonds is 0. The average Bonchev–Trinajstić information content (AvgIpc) is 2.30. The SMILES string of the molecule is Clc1ncc(Cl)c(Cl)n1.O=c1[nH]c(Cl)ncc1Cl. The maximum atomic E-state index is 10.5. The van der Waals surface area contributed by atoms with Gasteiger partial charge in [0.15, 0.2) is 5.15 Å². The first kappa shape index (κ1) is 15.5. The molecule has 0 saturated heterocycles. The van der Waals surface area contributed by atoms with Crippen molar-refractivity contribution in [1.82, 2.24) is 19.9 Å². The minimum Gasteiger partial charge on any atom is -0.296 e. The van der Waals surface area contributed by atoms with E-state index in [0.29, 0.717) is 5.02 Å². The first-order valence-electron chi connectivity index (χ1n) is 4.14. The van der Waals surface area contributed by atoms with Crippen LogP contribution >= 0.6 is 58.0 Å². The summed E-state index contributed by atoms with van der Waals surface area (Å²) in [7, 11) is 0. The number of aromatic amines is 1. The Hall–Kier alpha value is -0.590. The average molecular weight is 348 g/mol. The zero-order chi connectivity index (χ0) is 13.7. The smallest absolute Gasteiger partial charge is 0.270 e. The van der Waals surface area contributed by atoms with Crippen LogP contribution in [-0.2, 0) is 0 Å². The van der Waals surface area contributed by atoms with Crippen LogP contribution in [0.4, 0.5) is 0 Å². The summed E-state index contributed by atoms with van der Waals surface area (Å²) < 4.78 is 0.